The topological polar surface area (TPSA) is 42.0 Å². The molecule has 0 saturated heterocycles. The molecule has 1 aromatic carbocycles. The summed E-state index contributed by atoms with van der Waals surface area (Å²) < 4.78 is 13.1. The first-order valence-corrected chi connectivity index (χ1v) is 6.12. The van der Waals surface area contributed by atoms with Gasteiger partial charge in [-0.25, -0.2) is 9.37 Å². The van der Waals surface area contributed by atoms with Gasteiger partial charge in [0.1, 0.15) is 5.69 Å². The lowest BCUT2D eigenvalue weighted by molar-refractivity contribution is 0.102. The fourth-order valence-corrected chi connectivity index (χ4v) is 2.17. The molecule has 0 fully saturated rings. The first-order valence-electron chi connectivity index (χ1n) is 4.42. The van der Waals surface area contributed by atoms with Crippen molar-refractivity contribution in [2.24, 2.45) is 0 Å². The lowest BCUT2D eigenvalue weighted by Gasteiger charge is -2.05. The van der Waals surface area contributed by atoms with Crippen molar-refractivity contribution in [3.63, 3.8) is 0 Å². The molecule has 3 nitrogen and oxygen atoms in total. The number of hydrogen-bond acceptors (Lipinski definition) is 3. The van der Waals surface area contributed by atoms with Crippen LogP contribution in [0.2, 0.25) is 10.0 Å². The van der Waals surface area contributed by atoms with Gasteiger partial charge in [-0.2, -0.15) is 0 Å². The van der Waals surface area contributed by atoms with Crippen LogP contribution in [0.15, 0.2) is 23.0 Å². The average Bonchev–Trinajstić information content (AvgIpc) is 2.79. The van der Waals surface area contributed by atoms with Crippen LogP contribution in [0.25, 0.3) is 0 Å². The lowest BCUT2D eigenvalue weighted by atomic mass is 10.3. The molecule has 0 aliphatic heterocycles. The molecule has 1 N–H and O–H groups in total. The van der Waals surface area contributed by atoms with Gasteiger partial charge in [-0.15, -0.1) is 11.3 Å². The lowest BCUT2D eigenvalue weighted by Crippen LogP contribution is -2.12. The van der Waals surface area contributed by atoms with Gasteiger partial charge in [0, 0.05) is 11.1 Å². The number of halogens is 3. The molecule has 88 valence electrons. The second-order valence-corrected chi connectivity index (χ2v) is 4.61. The Bertz CT molecular complexity index is 536. The van der Waals surface area contributed by atoms with Crippen molar-refractivity contribution in [2.75, 3.05) is 5.32 Å². The Kier molecular flexibility index (Phi) is 3.61. The molecule has 7 heteroatoms. The van der Waals surface area contributed by atoms with Gasteiger partial charge in [0.15, 0.2) is 5.82 Å². The van der Waals surface area contributed by atoms with E-state index in [0.717, 1.165) is 0 Å². The van der Waals surface area contributed by atoms with Gasteiger partial charge in [0.2, 0.25) is 0 Å². The third-order valence-corrected chi connectivity index (χ3v) is 3.04. The third kappa shape index (κ3) is 2.74. The van der Waals surface area contributed by atoms with Gasteiger partial charge >= 0.3 is 0 Å². The number of amides is 1. The number of hydrogen-bond donors (Lipinski definition) is 1. The third-order valence-electron chi connectivity index (χ3n) is 1.91. The van der Waals surface area contributed by atoms with Gasteiger partial charge in [0.25, 0.3) is 5.91 Å². The fraction of sp³-hybridized carbons (Fsp3) is 0. The molecule has 0 spiro atoms. The summed E-state index contributed by atoms with van der Waals surface area (Å²) in [5.74, 6) is -1.11. The highest BCUT2D eigenvalue weighted by atomic mass is 35.5. The van der Waals surface area contributed by atoms with Crippen LogP contribution < -0.4 is 5.32 Å². The summed E-state index contributed by atoms with van der Waals surface area (Å²) in [4.78, 5) is 15.5. The van der Waals surface area contributed by atoms with Gasteiger partial charge in [0.05, 0.1) is 15.6 Å². The maximum absolute atomic E-state index is 13.1. The normalized spacial score (nSPS) is 10.3. The van der Waals surface area contributed by atoms with Crippen molar-refractivity contribution >= 4 is 46.1 Å². The van der Waals surface area contributed by atoms with Crippen molar-refractivity contribution in [2.45, 2.75) is 0 Å². The molecule has 0 bridgehead atoms. The Morgan fingerprint density at radius 3 is 2.53 bits per heavy atom. The number of rotatable bonds is 2. The molecule has 0 atom stereocenters. The van der Waals surface area contributed by atoms with Crippen LogP contribution in [-0.2, 0) is 0 Å². The van der Waals surface area contributed by atoms with E-state index in [2.05, 4.69) is 10.3 Å². The summed E-state index contributed by atoms with van der Waals surface area (Å²) in [7, 11) is 0. The molecule has 0 unspecified atom stereocenters. The van der Waals surface area contributed by atoms with Gasteiger partial charge in [-0.3, -0.25) is 4.79 Å². The van der Waals surface area contributed by atoms with E-state index >= 15 is 0 Å². The van der Waals surface area contributed by atoms with Gasteiger partial charge in [-0.05, 0) is 12.1 Å². The number of carbonyl (C=O) groups is 1. The SMILES string of the molecule is O=C(Nc1cc(Cl)c(F)c(Cl)c1)c1cscn1. The molecule has 2 rings (SSSR count). The Balaban J connectivity index is 2.22. The molecule has 0 aliphatic carbocycles. The quantitative estimate of drug-likeness (QED) is 0.854. The molecule has 17 heavy (non-hydrogen) atoms. The van der Waals surface area contributed by atoms with Gasteiger partial charge in [-0.1, -0.05) is 23.2 Å². The van der Waals surface area contributed by atoms with E-state index in [1.807, 2.05) is 0 Å². The Morgan fingerprint density at radius 1 is 1.35 bits per heavy atom. The Labute approximate surface area is 110 Å². The minimum atomic E-state index is -0.708. The number of carbonyl (C=O) groups excluding carboxylic acids is 1. The number of anilines is 1. The largest absolute Gasteiger partial charge is 0.321 e. The number of benzene rings is 1. The van der Waals surface area contributed by atoms with Crippen molar-refractivity contribution in [1.29, 1.82) is 0 Å². The van der Waals surface area contributed by atoms with Crippen molar-refractivity contribution in [3.05, 3.63) is 44.6 Å². The second-order valence-electron chi connectivity index (χ2n) is 3.08. The smallest absolute Gasteiger partial charge is 0.275 e. The maximum Gasteiger partial charge on any atom is 0.275 e. The first kappa shape index (κ1) is 12.3. The van der Waals surface area contributed by atoms with Crippen molar-refractivity contribution in [1.82, 2.24) is 4.98 Å². The number of nitrogens with zero attached hydrogens (tertiary/aromatic N) is 1. The molecule has 1 heterocycles. The number of thiazole rings is 1. The van der Waals surface area contributed by atoms with Crippen molar-refractivity contribution in [3.8, 4) is 0 Å². The summed E-state index contributed by atoms with van der Waals surface area (Å²) in [5, 5.41) is 3.83. The van der Waals surface area contributed by atoms with Crippen LogP contribution >= 0.6 is 34.5 Å². The van der Waals surface area contributed by atoms with Crippen LogP contribution in [0, 0.1) is 5.82 Å². The molecular weight excluding hydrogens is 286 g/mol. The zero-order valence-corrected chi connectivity index (χ0v) is 10.5. The molecular formula is C10H5Cl2FN2OS. The Morgan fingerprint density at radius 2 is 2.00 bits per heavy atom. The number of nitrogens with one attached hydrogen (secondary N) is 1. The first-order chi connectivity index (χ1) is 8.08. The highest BCUT2D eigenvalue weighted by Gasteiger charge is 2.11. The fourth-order valence-electron chi connectivity index (χ4n) is 1.15. The molecule has 0 aliphatic rings. The van der Waals surface area contributed by atoms with E-state index in [1.165, 1.54) is 23.5 Å². The van der Waals surface area contributed by atoms with Crippen LogP contribution in [0.4, 0.5) is 10.1 Å². The van der Waals surface area contributed by atoms with Gasteiger partial charge < -0.3 is 5.32 Å². The predicted molar refractivity (Wildman–Crippen MR) is 66.5 cm³/mol. The van der Waals surface area contributed by atoms with Crippen LogP contribution in [0.5, 0.6) is 0 Å². The summed E-state index contributed by atoms with van der Waals surface area (Å²) >= 11 is 12.5. The Hall–Kier alpha value is -1.17. The molecule has 0 radical (unpaired) electrons. The highest BCUT2D eigenvalue weighted by molar-refractivity contribution is 7.07. The summed E-state index contributed by atoms with van der Waals surface area (Å²) in [6.07, 6.45) is 0. The van der Waals surface area contributed by atoms with Crippen LogP contribution in [0.1, 0.15) is 10.5 Å². The monoisotopic (exact) mass is 290 g/mol. The van der Waals surface area contributed by atoms with Crippen LogP contribution in [0.3, 0.4) is 0 Å². The summed E-state index contributed by atoms with van der Waals surface area (Å²) in [6.45, 7) is 0. The molecule has 1 amide bonds. The van der Waals surface area contributed by atoms with E-state index in [9.17, 15) is 9.18 Å². The molecule has 0 saturated carbocycles. The summed E-state index contributed by atoms with van der Waals surface area (Å²) in [6, 6.07) is 2.57. The van der Waals surface area contributed by atoms with Crippen LogP contribution in [-0.4, -0.2) is 10.9 Å². The minimum absolute atomic E-state index is 0.147. The van der Waals surface area contributed by atoms with E-state index < -0.39 is 11.7 Å². The molecule has 2 aromatic rings. The standard InChI is InChI=1S/C10H5Cl2FN2OS/c11-6-1-5(2-7(12)9(6)13)15-10(16)8-3-17-4-14-8/h1-4H,(H,15,16). The van der Waals surface area contributed by atoms with E-state index in [1.54, 1.807) is 10.9 Å². The van der Waals surface area contributed by atoms with Crippen molar-refractivity contribution < 1.29 is 9.18 Å². The second kappa shape index (κ2) is 5.00. The summed E-state index contributed by atoms with van der Waals surface area (Å²) in [5.41, 5.74) is 2.14. The van der Waals surface area contributed by atoms with E-state index in [0.29, 0.717) is 5.69 Å². The van der Waals surface area contributed by atoms with E-state index in [-0.39, 0.29) is 15.7 Å². The number of aromatic nitrogens is 1. The highest BCUT2D eigenvalue weighted by Crippen LogP contribution is 2.27. The minimum Gasteiger partial charge on any atom is -0.321 e. The zero-order chi connectivity index (χ0) is 12.4. The predicted octanol–water partition coefficient (Wildman–Crippen LogP) is 3.84. The maximum atomic E-state index is 13.1. The molecule has 1 aromatic heterocycles. The zero-order valence-electron chi connectivity index (χ0n) is 8.21. The van der Waals surface area contributed by atoms with E-state index in [4.69, 9.17) is 23.2 Å². The average molecular weight is 291 g/mol.